The first kappa shape index (κ1) is 26.6. The highest BCUT2D eigenvalue weighted by molar-refractivity contribution is 7.80. The summed E-state index contributed by atoms with van der Waals surface area (Å²) in [5.74, 6) is -0.0309. The summed E-state index contributed by atoms with van der Waals surface area (Å²) < 4.78 is 2.29. The van der Waals surface area contributed by atoms with E-state index in [1.54, 1.807) is 0 Å². The van der Waals surface area contributed by atoms with Crippen LogP contribution >= 0.6 is 12.2 Å². The standard InChI is InChI=1S/C32H35N5OS/c1-20-10-13-25(14-11-20)37-23(4)19-26(24(37)5)31-30(27-8-6-7-16-33-27)35-32(39)36(31)17-15-29(38)34-28-18-21(2)9-12-22(28)3/h6-14,16,18-19,30-31H,15,17H2,1-5H3,(H,34,38)(H,35,39)/t30-,31-/m1/s1. The van der Waals surface area contributed by atoms with E-state index in [-0.39, 0.29) is 18.0 Å². The number of aromatic nitrogens is 2. The van der Waals surface area contributed by atoms with E-state index in [4.69, 9.17) is 12.2 Å². The normalized spacial score (nSPS) is 16.8. The lowest BCUT2D eigenvalue weighted by molar-refractivity contribution is -0.116. The number of carbonyl (C=O) groups excluding carboxylic acids is 1. The molecule has 2 atom stereocenters. The van der Waals surface area contributed by atoms with Crippen LogP contribution in [0.4, 0.5) is 5.69 Å². The molecule has 0 bridgehead atoms. The van der Waals surface area contributed by atoms with Crippen molar-refractivity contribution in [2.45, 2.75) is 53.1 Å². The Bertz CT molecular complexity index is 1510. The number of hydrogen-bond donors (Lipinski definition) is 2. The number of anilines is 1. The van der Waals surface area contributed by atoms with E-state index in [0.717, 1.165) is 39.6 Å². The Labute approximate surface area is 236 Å². The van der Waals surface area contributed by atoms with Crippen molar-refractivity contribution < 1.29 is 4.79 Å². The maximum Gasteiger partial charge on any atom is 0.226 e. The molecule has 0 spiro atoms. The van der Waals surface area contributed by atoms with Gasteiger partial charge in [0.15, 0.2) is 5.11 Å². The van der Waals surface area contributed by atoms with Gasteiger partial charge in [-0.2, -0.15) is 0 Å². The highest BCUT2D eigenvalue weighted by Crippen LogP contribution is 2.41. The van der Waals surface area contributed by atoms with Gasteiger partial charge < -0.3 is 20.1 Å². The Morgan fingerprint density at radius 3 is 2.44 bits per heavy atom. The van der Waals surface area contributed by atoms with Crippen LogP contribution in [0.3, 0.4) is 0 Å². The summed E-state index contributed by atoms with van der Waals surface area (Å²) in [5.41, 5.74) is 9.77. The largest absolute Gasteiger partial charge is 0.352 e. The first-order chi connectivity index (χ1) is 18.7. The van der Waals surface area contributed by atoms with Gasteiger partial charge in [0, 0.05) is 41.9 Å². The average molecular weight is 538 g/mol. The van der Waals surface area contributed by atoms with Gasteiger partial charge in [0.25, 0.3) is 0 Å². The second-order valence-corrected chi connectivity index (χ2v) is 10.8. The Hall–Kier alpha value is -3.97. The van der Waals surface area contributed by atoms with Gasteiger partial charge in [0.1, 0.15) is 0 Å². The van der Waals surface area contributed by atoms with Crippen molar-refractivity contribution in [2.24, 2.45) is 0 Å². The van der Waals surface area contributed by atoms with Crippen LogP contribution in [-0.4, -0.2) is 32.0 Å². The number of aryl methyl sites for hydroxylation is 4. The maximum atomic E-state index is 13.1. The fraction of sp³-hybridized carbons (Fsp3) is 0.281. The Kier molecular flexibility index (Phi) is 7.53. The van der Waals surface area contributed by atoms with Crippen LogP contribution in [-0.2, 0) is 4.79 Å². The Balaban J connectivity index is 1.46. The van der Waals surface area contributed by atoms with Crippen LogP contribution in [0.15, 0.2) is 72.9 Å². The summed E-state index contributed by atoms with van der Waals surface area (Å²) in [6.45, 7) is 10.9. The lowest BCUT2D eigenvalue weighted by atomic mass is 9.96. The minimum Gasteiger partial charge on any atom is -0.352 e. The fourth-order valence-corrected chi connectivity index (χ4v) is 5.80. The van der Waals surface area contributed by atoms with Gasteiger partial charge >= 0.3 is 0 Å². The zero-order chi connectivity index (χ0) is 27.7. The maximum absolute atomic E-state index is 13.1. The molecule has 1 saturated heterocycles. The zero-order valence-electron chi connectivity index (χ0n) is 23.2. The van der Waals surface area contributed by atoms with Crippen LogP contribution < -0.4 is 10.6 Å². The first-order valence-corrected chi connectivity index (χ1v) is 13.7. The molecule has 2 aromatic heterocycles. The van der Waals surface area contributed by atoms with Gasteiger partial charge in [0.2, 0.25) is 5.91 Å². The van der Waals surface area contributed by atoms with Gasteiger partial charge in [-0.25, -0.2) is 0 Å². The van der Waals surface area contributed by atoms with E-state index >= 15 is 0 Å². The topological polar surface area (TPSA) is 62.2 Å². The van der Waals surface area contributed by atoms with E-state index in [1.807, 2.05) is 50.4 Å². The SMILES string of the molecule is Cc1ccc(-n2c(C)cc([C@@H]3[C@@H](c4ccccn4)NC(=S)N3CCC(=O)Nc3cc(C)ccc3C)c2C)cc1. The predicted molar refractivity (Wildman–Crippen MR) is 161 cm³/mol. The summed E-state index contributed by atoms with van der Waals surface area (Å²) in [5, 5.41) is 7.24. The molecule has 200 valence electrons. The molecule has 7 heteroatoms. The number of amides is 1. The monoisotopic (exact) mass is 537 g/mol. The van der Waals surface area contributed by atoms with E-state index in [0.29, 0.717) is 18.1 Å². The Morgan fingerprint density at radius 2 is 1.72 bits per heavy atom. The third kappa shape index (κ3) is 5.45. The highest BCUT2D eigenvalue weighted by atomic mass is 32.1. The molecule has 0 radical (unpaired) electrons. The molecule has 0 unspecified atom stereocenters. The molecule has 4 aromatic rings. The molecule has 5 rings (SSSR count). The van der Waals surface area contributed by atoms with Gasteiger partial charge in [-0.15, -0.1) is 0 Å². The van der Waals surface area contributed by atoms with Gasteiger partial charge in [0.05, 0.1) is 17.8 Å². The third-order valence-electron chi connectivity index (χ3n) is 7.53. The molecule has 1 amide bonds. The molecule has 1 aliphatic rings. The van der Waals surface area contributed by atoms with Crippen molar-refractivity contribution in [1.82, 2.24) is 19.8 Å². The highest BCUT2D eigenvalue weighted by Gasteiger charge is 2.41. The third-order valence-corrected chi connectivity index (χ3v) is 7.88. The molecular formula is C32H35N5OS. The molecule has 2 N–H and O–H groups in total. The van der Waals surface area contributed by atoms with E-state index in [2.05, 4.69) is 82.3 Å². The molecule has 3 heterocycles. The molecule has 1 fully saturated rings. The summed E-state index contributed by atoms with van der Waals surface area (Å²) in [7, 11) is 0. The van der Waals surface area contributed by atoms with Crippen LogP contribution in [0, 0.1) is 34.6 Å². The van der Waals surface area contributed by atoms with Crippen LogP contribution in [0.5, 0.6) is 0 Å². The lowest BCUT2D eigenvalue weighted by Gasteiger charge is -2.28. The number of rotatable bonds is 7. The van der Waals surface area contributed by atoms with E-state index < -0.39 is 0 Å². The summed E-state index contributed by atoms with van der Waals surface area (Å²) in [6, 6.07) is 22.6. The number of benzene rings is 2. The smallest absolute Gasteiger partial charge is 0.226 e. The quantitative estimate of drug-likeness (QED) is 0.267. The number of nitrogens with zero attached hydrogens (tertiary/aromatic N) is 3. The molecule has 1 aliphatic heterocycles. The van der Waals surface area contributed by atoms with Crippen molar-refractivity contribution in [3.63, 3.8) is 0 Å². The molecule has 0 saturated carbocycles. The molecule has 39 heavy (non-hydrogen) atoms. The van der Waals surface area contributed by atoms with Gasteiger partial charge in [-0.05, 0) is 99.9 Å². The zero-order valence-corrected chi connectivity index (χ0v) is 24.0. The van der Waals surface area contributed by atoms with Crippen LogP contribution in [0.25, 0.3) is 5.69 Å². The molecule has 6 nitrogen and oxygen atoms in total. The fourth-order valence-electron chi connectivity index (χ4n) is 5.47. The summed E-state index contributed by atoms with van der Waals surface area (Å²) >= 11 is 5.85. The van der Waals surface area contributed by atoms with Crippen molar-refractivity contribution >= 4 is 28.9 Å². The Morgan fingerprint density at radius 1 is 0.974 bits per heavy atom. The van der Waals surface area contributed by atoms with E-state index in [1.165, 1.54) is 11.1 Å². The second kappa shape index (κ2) is 11.0. The molecule has 2 aromatic carbocycles. The summed E-state index contributed by atoms with van der Waals surface area (Å²) in [4.78, 5) is 19.9. The summed E-state index contributed by atoms with van der Waals surface area (Å²) in [6.07, 6.45) is 2.13. The second-order valence-electron chi connectivity index (χ2n) is 10.4. The van der Waals surface area contributed by atoms with Crippen molar-refractivity contribution in [3.05, 3.63) is 112 Å². The average Bonchev–Trinajstić information content (AvgIpc) is 3.40. The van der Waals surface area contributed by atoms with Crippen LogP contribution in [0.1, 0.15) is 57.8 Å². The lowest BCUT2D eigenvalue weighted by Crippen LogP contribution is -2.33. The molecule has 0 aliphatic carbocycles. The number of carbonyl (C=O) groups is 1. The number of hydrogen-bond acceptors (Lipinski definition) is 3. The van der Waals surface area contributed by atoms with Crippen molar-refractivity contribution in [3.8, 4) is 5.69 Å². The van der Waals surface area contributed by atoms with E-state index in [9.17, 15) is 4.79 Å². The predicted octanol–water partition coefficient (Wildman–Crippen LogP) is 6.42. The van der Waals surface area contributed by atoms with Crippen molar-refractivity contribution in [2.75, 3.05) is 11.9 Å². The van der Waals surface area contributed by atoms with Gasteiger partial charge in [-0.3, -0.25) is 9.78 Å². The minimum atomic E-state index is -0.132. The minimum absolute atomic E-state index is 0.0309. The van der Waals surface area contributed by atoms with Crippen LogP contribution in [0.2, 0.25) is 0 Å². The first-order valence-electron chi connectivity index (χ1n) is 13.3. The van der Waals surface area contributed by atoms with Gasteiger partial charge in [-0.1, -0.05) is 35.9 Å². The number of thiocarbonyl (C=S) groups is 1. The number of nitrogens with one attached hydrogen (secondary N) is 2. The van der Waals surface area contributed by atoms with Crippen molar-refractivity contribution in [1.29, 1.82) is 0 Å². The molecular weight excluding hydrogens is 502 g/mol. The number of pyridine rings is 1.